The topological polar surface area (TPSA) is 65.2 Å². The molecule has 0 atom stereocenters. The van der Waals surface area contributed by atoms with Crippen LogP contribution in [0.1, 0.15) is 17.5 Å². The number of aryl methyl sites for hydroxylation is 1. The number of hydrazine groups is 1. The van der Waals surface area contributed by atoms with Crippen LogP contribution < -0.4 is 5.43 Å². The van der Waals surface area contributed by atoms with E-state index in [1.807, 2.05) is 48.7 Å². The molecule has 0 aliphatic rings. The van der Waals surface area contributed by atoms with Crippen LogP contribution >= 0.6 is 23.2 Å². The number of nitrogens with zero attached hydrogens (tertiary/aromatic N) is 1. The fourth-order valence-electron chi connectivity index (χ4n) is 2.88. The number of hydrogen-bond acceptors (Lipinski definition) is 2. The fraction of sp³-hybridized carbons (Fsp3) is 0.200. The van der Waals surface area contributed by atoms with E-state index in [1.165, 1.54) is 5.01 Å². The highest BCUT2D eigenvalue weighted by atomic mass is 35.5. The minimum Gasteiger partial charge on any atom is -0.361 e. The number of aromatic nitrogens is 1. The van der Waals surface area contributed by atoms with Crippen LogP contribution in [0.5, 0.6) is 0 Å². The molecule has 1 heterocycles. The second kappa shape index (κ2) is 8.93. The van der Waals surface area contributed by atoms with Crippen LogP contribution in [0, 0.1) is 0 Å². The number of aromatic amines is 1. The molecule has 0 aliphatic heterocycles. The van der Waals surface area contributed by atoms with Gasteiger partial charge in [0, 0.05) is 28.5 Å². The Morgan fingerprint density at radius 3 is 2.56 bits per heavy atom. The van der Waals surface area contributed by atoms with Crippen LogP contribution in [0.15, 0.2) is 54.7 Å². The van der Waals surface area contributed by atoms with Gasteiger partial charge in [0.2, 0.25) is 5.91 Å². The minimum absolute atomic E-state index is 0.176. The van der Waals surface area contributed by atoms with Gasteiger partial charge in [-0.25, -0.2) is 5.01 Å². The maximum Gasteiger partial charge on any atom is 0.253 e. The Labute approximate surface area is 167 Å². The standard InChI is InChI=1S/C20H19Cl2N3O2/c21-11-19(26)24-25(13-15-5-1-3-7-17(15)22)20(27)10-9-14-12-23-18-8-4-2-6-16(14)18/h1-8,12,23H,9-11,13H2,(H,24,26). The van der Waals surface area contributed by atoms with Gasteiger partial charge >= 0.3 is 0 Å². The number of fused-ring (bicyclic) bond motifs is 1. The largest absolute Gasteiger partial charge is 0.361 e. The number of benzene rings is 2. The summed E-state index contributed by atoms with van der Waals surface area (Å²) in [6, 6.07) is 15.1. The number of nitrogens with one attached hydrogen (secondary N) is 2. The maximum absolute atomic E-state index is 12.8. The molecular weight excluding hydrogens is 385 g/mol. The van der Waals surface area contributed by atoms with Crippen molar-refractivity contribution in [3.05, 3.63) is 70.9 Å². The highest BCUT2D eigenvalue weighted by Crippen LogP contribution is 2.20. The summed E-state index contributed by atoms with van der Waals surface area (Å²) in [6.45, 7) is 0.176. The molecule has 140 valence electrons. The summed E-state index contributed by atoms with van der Waals surface area (Å²) >= 11 is 11.8. The molecular formula is C20H19Cl2N3O2. The van der Waals surface area contributed by atoms with Crippen molar-refractivity contribution in [2.24, 2.45) is 0 Å². The second-order valence-corrected chi connectivity index (χ2v) is 6.77. The molecule has 7 heteroatoms. The molecule has 0 spiro atoms. The summed E-state index contributed by atoms with van der Waals surface area (Å²) in [5.41, 5.74) is 5.39. The molecule has 0 bridgehead atoms. The third kappa shape index (κ3) is 4.81. The smallest absolute Gasteiger partial charge is 0.253 e. The predicted octanol–water partition coefficient (Wildman–Crippen LogP) is 4.05. The number of para-hydroxylation sites is 1. The summed E-state index contributed by atoms with van der Waals surface area (Å²) in [4.78, 5) is 27.7. The monoisotopic (exact) mass is 403 g/mol. The van der Waals surface area contributed by atoms with Gasteiger partial charge in [-0.15, -0.1) is 11.6 Å². The summed E-state index contributed by atoms with van der Waals surface area (Å²) in [5.74, 6) is -0.878. The van der Waals surface area contributed by atoms with Crippen molar-refractivity contribution in [1.82, 2.24) is 15.4 Å². The Bertz CT molecular complexity index is 955. The zero-order valence-corrected chi connectivity index (χ0v) is 16.1. The summed E-state index contributed by atoms with van der Waals surface area (Å²) < 4.78 is 0. The number of carbonyl (C=O) groups excluding carboxylic acids is 2. The van der Waals surface area contributed by atoms with Crippen molar-refractivity contribution in [2.45, 2.75) is 19.4 Å². The van der Waals surface area contributed by atoms with Crippen molar-refractivity contribution in [3.8, 4) is 0 Å². The van der Waals surface area contributed by atoms with Crippen molar-refractivity contribution in [1.29, 1.82) is 0 Å². The molecule has 0 radical (unpaired) electrons. The number of carbonyl (C=O) groups is 2. The summed E-state index contributed by atoms with van der Waals surface area (Å²) in [5, 5.41) is 2.90. The molecule has 0 unspecified atom stereocenters. The SMILES string of the molecule is O=C(CCl)NN(Cc1ccccc1Cl)C(=O)CCc1c[nH]c2ccccc12. The Balaban J connectivity index is 1.72. The average molecular weight is 404 g/mol. The van der Waals surface area contributed by atoms with Crippen LogP contribution in [0.3, 0.4) is 0 Å². The van der Waals surface area contributed by atoms with Crippen molar-refractivity contribution >= 4 is 45.9 Å². The van der Waals surface area contributed by atoms with Gasteiger partial charge in [-0.2, -0.15) is 0 Å². The molecule has 0 aliphatic carbocycles. The first-order valence-corrected chi connectivity index (χ1v) is 9.44. The van der Waals surface area contributed by atoms with E-state index in [0.29, 0.717) is 11.4 Å². The Kier molecular flexibility index (Phi) is 6.37. The first kappa shape index (κ1) is 19.3. The van der Waals surface area contributed by atoms with Gasteiger partial charge in [0.1, 0.15) is 5.88 Å². The third-order valence-corrected chi connectivity index (χ3v) is 4.86. The van der Waals surface area contributed by atoms with Gasteiger partial charge in [0.05, 0.1) is 6.54 Å². The number of hydrogen-bond donors (Lipinski definition) is 2. The van der Waals surface area contributed by atoms with Gasteiger partial charge < -0.3 is 4.98 Å². The van der Waals surface area contributed by atoms with E-state index in [0.717, 1.165) is 22.0 Å². The highest BCUT2D eigenvalue weighted by Gasteiger charge is 2.18. The summed E-state index contributed by atoms with van der Waals surface area (Å²) in [6.07, 6.45) is 2.71. The average Bonchev–Trinajstić information content (AvgIpc) is 3.10. The Hall–Kier alpha value is -2.50. The lowest BCUT2D eigenvalue weighted by Gasteiger charge is -2.23. The minimum atomic E-state index is -0.441. The molecule has 3 aromatic rings. The molecule has 0 fully saturated rings. The number of amides is 2. The zero-order valence-electron chi connectivity index (χ0n) is 14.5. The van der Waals surface area contributed by atoms with Gasteiger partial charge in [0.15, 0.2) is 0 Å². The second-order valence-electron chi connectivity index (χ2n) is 6.10. The van der Waals surface area contributed by atoms with Gasteiger partial charge in [-0.3, -0.25) is 15.0 Å². The molecule has 2 aromatic carbocycles. The molecule has 2 amide bonds. The van der Waals surface area contributed by atoms with E-state index in [4.69, 9.17) is 23.2 Å². The lowest BCUT2D eigenvalue weighted by molar-refractivity contribution is -0.141. The Morgan fingerprint density at radius 2 is 1.78 bits per heavy atom. The zero-order chi connectivity index (χ0) is 19.2. The first-order chi connectivity index (χ1) is 13.1. The van der Waals surface area contributed by atoms with E-state index in [9.17, 15) is 9.59 Å². The quantitative estimate of drug-likeness (QED) is 0.481. The maximum atomic E-state index is 12.8. The number of H-pyrrole nitrogens is 1. The van der Waals surface area contributed by atoms with Crippen LogP contribution in [0.2, 0.25) is 5.02 Å². The van der Waals surface area contributed by atoms with Crippen LogP contribution in [0.4, 0.5) is 0 Å². The van der Waals surface area contributed by atoms with Gasteiger partial charge in [-0.05, 0) is 29.7 Å². The van der Waals surface area contributed by atoms with E-state index in [1.54, 1.807) is 6.07 Å². The van der Waals surface area contributed by atoms with Crippen molar-refractivity contribution in [3.63, 3.8) is 0 Å². The van der Waals surface area contributed by atoms with E-state index in [-0.39, 0.29) is 24.8 Å². The molecule has 1 aromatic heterocycles. The molecule has 0 saturated carbocycles. The molecule has 3 rings (SSSR count). The van der Waals surface area contributed by atoms with Crippen molar-refractivity contribution < 1.29 is 9.59 Å². The van der Waals surface area contributed by atoms with Crippen LogP contribution in [0.25, 0.3) is 10.9 Å². The molecule has 5 nitrogen and oxygen atoms in total. The third-order valence-electron chi connectivity index (χ3n) is 4.25. The summed E-state index contributed by atoms with van der Waals surface area (Å²) in [7, 11) is 0. The van der Waals surface area contributed by atoms with Crippen molar-refractivity contribution in [2.75, 3.05) is 5.88 Å². The van der Waals surface area contributed by atoms with Crippen LogP contribution in [-0.4, -0.2) is 27.7 Å². The first-order valence-electron chi connectivity index (χ1n) is 8.52. The van der Waals surface area contributed by atoms with Crippen LogP contribution in [-0.2, 0) is 22.6 Å². The van der Waals surface area contributed by atoms with Gasteiger partial charge in [-0.1, -0.05) is 48.0 Å². The molecule has 2 N–H and O–H groups in total. The van der Waals surface area contributed by atoms with E-state index >= 15 is 0 Å². The van der Waals surface area contributed by atoms with E-state index < -0.39 is 5.91 Å². The number of halogens is 2. The lowest BCUT2D eigenvalue weighted by atomic mass is 10.1. The fourth-order valence-corrected chi connectivity index (χ4v) is 3.14. The lowest BCUT2D eigenvalue weighted by Crippen LogP contribution is -2.46. The highest BCUT2D eigenvalue weighted by molar-refractivity contribution is 6.31. The Morgan fingerprint density at radius 1 is 1.04 bits per heavy atom. The molecule has 0 saturated heterocycles. The van der Waals surface area contributed by atoms with Gasteiger partial charge in [0.25, 0.3) is 5.91 Å². The number of alkyl halides is 1. The number of rotatable bonds is 6. The van der Waals surface area contributed by atoms with E-state index in [2.05, 4.69) is 10.4 Å². The predicted molar refractivity (Wildman–Crippen MR) is 107 cm³/mol. The molecule has 27 heavy (non-hydrogen) atoms. The normalized spacial score (nSPS) is 10.7.